The van der Waals surface area contributed by atoms with E-state index in [0.717, 1.165) is 17.7 Å². The number of nitrogens with one attached hydrogen (secondary N) is 1. The van der Waals surface area contributed by atoms with Gasteiger partial charge in [-0.05, 0) is 48.9 Å². The number of halogens is 1. The van der Waals surface area contributed by atoms with Gasteiger partial charge in [-0.3, -0.25) is 4.98 Å². The molecule has 2 rings (SSSR count). The Morgan fingerprint density at radius 3 is 2.26 bits per heavy atom. The minimum absolute atomic E-state index is 0.0369. The summed E-state index contributed by atoms with van der Waals surface area (Å²) in [7, 11) is -3.66. The van der Waals surface area contributed by atoms with Crippen LogP contribution in [0.4, 0.5) is 4.39 Å². The second kappa shape index (κ2) is 5.46. The first-order valence-electron chi connectivity index (χ1n) is 5.67. The van der Waals surface area contributed by atoms with Crippen LogP contribution in [0.3, 0.4) is 0 Å². The highest BCUT2D eigenvalue weighted by molar-refractivity contribution is 7.89. The molecule has 100 valence electrons. The maximum Gasteiger partial charge on any atom is 0.241 e. The molecule has 6 heteroatoms. The summed E-state index contributed by atoms with van der Waals surface area (Å²) in [5, 5.41) is 0. The molecule has 19 heavy (non-hydrogen) atoms. The summed E-state index contributed by atoms with van der Waals surface area (Å²) in [5.41, 5.74) is 0.806. The number of nitrogens with zero attached hydrogens (tertiary/aromatic N) is 1. The van der Waals surface area contributed by atoms with E-state index in [1.807, 2.05) is 0 Å². The lowest BCUT2D eigenvalue weighted by Gasteiger charge is -2.14. The van der Waals surface area contributed by atoms with Gasteiger partial charge in [0.25, 0.3) is 0 Å². The van der Waals surface area contributed by atoms with E-state index in [4.69, 9.17) is 0 Å². The van der Waals surface area contributed by atoms with Crippen LogP contribution in [0.5, 0.6) is 0 Å². The van der Waals surface area contributed by atoms with Crippen molar-refractivity contribution in [2.24, 2.45) is 0 Å². The van der Waals surface area contributed by atoms with E-state index in [-0.39, 0.29) is 4.90 Å². The highest BCUT2D eigenvalue weighted by Gasteiger charge is 2.18. The van der Waals surface area contributed by atoms with Crippen LogP contribution in [-0.4, -0.2) is 13.4 Å². The second-order valence-corrected chi connectivity index (χ2v) is 5.79. The molecule has 0 aliphatic rings. The van der Waals surface area contributed by atoms with Crippen LogP contribution < -0.4 is 4.72 Å². The lowest BCUT2D eigenvalue weighted by molar-refractivity contribution is 0.566. The molecule has 1 N–H and O–H groups in total. The maximum atomic E-state index is 12.8. The van der Waals surface area contributed by atoms with Crippen LogP contribution in [0.1, 0.15) is 18.5 Å². The Balaban J connectivity index is 2.20. The number of aromatic nitrogens is 1. The number of pyridine rings is 1. The summed E-state index contributed by atoms with van der Waals surface area (Å²) < 4.78 is 39.5. The lowest BCUT2D eigenvalue weighted by atomic mass is 10.1. The Hall–Kier alpha value is -1.79. The summed E-state index contributed by atoms with van der Waals surface area (Å²) in [6, 6.07) is 7.78. The van der Waals surface area contributed by atoms with Crippen molar-refractivity contribution in [3.8, 4) is 0 Å². The van der Waals surface area contributed by atoms with E-state index >= 15 is 0 Å². The number of hydrogen-bond acceptors (Lipinski definition) is 3. The summed E-state index contributed by atoms with van der Waals surface area (Å²) in [5.74, 6) is -0.471. The van der Waals surface area contributed by atoms with Crippen molar-refractivity contribution < 1.29 is 12.8 Å². The van der Waals surface area contributed by atoms with E-state index in [1.165, 1.54) is 12.1 Å². The largest absolute Gasteiger partial charge is 0.265 e. The molecule has 0 aliphatic heterocycles. The van der Waals surface area contributed by atoms with Crippen molar-refractivity contribution in [2.45, 2.75) is 17.9 Å². The Labute approximate surface area is 111 Å². The van der Waals surface area contributed by atoms with Gasteiger partial charge in [0, 0.05) is 18.4 Å². The minimum atomic E-state index is -3.66. The molecule has 1 aromatic carbocycles. The van der Waals surface area contributed by atoms with E-state index in [0.29, 0.717) is 0 Å². The third-order valence-corrected chi connectivity index (χ3v) is 4.22. The smallest absolute Gasteiger partial charge is 0.241 e. The third-order valence-electron chi connectivity index (χ3n) is 2.66. The molecule has 4 nitrogen and oxygen atoms in total. The van der Waals surface area contributed by atoms with E-state index in [2.05, 4.69) is 9.71 Å². The Morgan fingerprint density at radius 2 is 1.68 bits per heavy atom. The number of rotatable bonds is 4. The van der Waals surface area contributed by atoms with Crippen LogP contribution in [0.25, 0.3) is 0 Å². The summed E-state index contributed by atoms with van der Waals surface area (Å²) in [4.78, 5) is 3.91. The second-order valence-electron chi connectivity index (χ2n) is 4.08. The first-order valence-corrected chi connectivity index (χ1v) is 7.15. The topological polar surface area (TPSA) is 59.1 Å². The van der Waals surface area contributed by atoms with Gasteiger partial charge in [-0.25, -0.2) is 17.5 Å². The van der Waals surface area contributed by atoms with Crippen molar-refractivity contribution in [2.75, 3.05) is 0 Å². The molecule has 0 aliphatic carbocycles. The van der Waals surface area contributed by atoms with Gasteiger partial charge in [0.1, 0.15) is 5.82 Å². The van der Waals surface area contributed by atoms with Crippen LogP contribution in [0, 0.1) is 5.82 Å². The third kappa shape index (κ3) is 3.36. The van der Waals surface area contributed by atoms with Gasteiger partial charge in [0.2, 0.25) is 10.0 Å². The average Bonchev–Trinajstić information content (AvgIpc) is 2.40. The normalized spacial score (nSPS) is 13.2. The molecule has 0 radical (unpaired) electrons. The summed E-state index contributed by atoms with van der Waals surface area (Å²) >= 11 is 0. The highest BCUT2D eigenvalue weighted by Crippen LogP contribution is 2.16. The first-order chi connectivity index (χ1) is 8.99. The van der Waals surface area contributed by atoms with Crippen LogP contribution in [0.15, 0.2) is 53.7 Å². The molecule has 0 unspecified atom stereocenters. The minimum Gasteiger partial charge on any atom is -0.265 e. The van der Waals surface area contributed by atoms with Gasteiger partial charge in [-0.15, -0.1) is 0 Å². The van der Waals surface area contributed by atoms with Crippen molar-refractivity contribution in [1.29, 1.82) is 0 Å². The number of sulfonamides is 1. The van der Waals surface area contributed by atoms with Crippen LogP contribution in [0.2, 0.25) is 0 Å². The fraction of sp³-hybridized carbons (Fsp3) is 0.154. The molecule has 1 aromatic heterocycles. The average molecular weight is 280 g/mol. The molecular weight excluding hydrogens is 267 g/mol. The highest BCUT2D eigenvalue weighted by atomic mass is 32.2. The fourth-order valence-electron chi connectivity index (χ4n) is 1.63. The number of hydrogen-bond donors (Lipinski definition) is 1. The van der Waals surface area contributed by atoms with Crippen molar-refractivity contribution >= 4 is 10.0 Å². The zero-order valence-electron chi connectivity index (χ0n) is 10.2. The summed E-state index contributed by atoms with van der Waals surface area (Å²) in [6.07, 6.45) is 3.19. The quantitative estimate of drug-likeness (QED) is 0.934. The SMILES string of the molecule is C[C@@H](NS(=O)(=O)c1ccc(F)cc1)c1ccncc1. The van der Waals surface area contributed by atoms with Gasteiger partial charge >= 0.3 is 0 Å². The molecule has 0 amide bonds. The van der Waals surface area contributed by atoms with Gasteiger partial charge in [0.15, 0.2) is 0 Å². The van der Waals surface area contributed by atoms with Crippen molar-refractivity contribution in [3.05, 3.63) is 60.2 Å². The van der Waals surface area contributed by atoms with Crippen molar-refractivity contribution in [3.63, 3.8) is 0 Å². The molecule has 2 aromatic rings. The standard InChI is InChI=1S/C13H13FN2O2S/c1-10(11-6-8-15-9-7-11)16-19(17,18)13-4-2-12(14)3-5-13/h2-10,16H,1H3/t10-/m1/s1. The zero-order valence-corrected chi connectivity index (χ0v) is 11.1. The molecule has 0 saturated heterocycles. The summed E-state index contributed by atoms with van der Waals surface area (Å²) in [6.45, 7) is 1.73. The molecule has 0 bridgehead atoms. The first kappa shape index (κ1) is 13.6. The molecule has 0 spiro atoms. The van der Waals surface area contributed by atoms with Gasteiger partial charge < -0.3 is 0 Å². The Bertz CT molecular complexity index is 642. The van der Waals surface area contributed by atoms with Crippen LogP contribution in [-0.2, 0) is 10.0 Å². The van der Waals surface area contributed by atoms with E-state index in [9.17, 15) is 12.8 Å². The number of benzene rings is 1. The molecular formula is C13H13FN2O2S. The predicted molar refractivity (Wildman–Crippen MR) is 69.4 cm³/mol. The molecule has 0 fully saturated rings. The Morgan fingerprint density at radius 1 is 1.11 bits per heavy atom. The molecule has 1 atom stereocenters. The Kier molecular flexibility index (Phi) is 3.92. The predicted octanol–water partition coefficient (Wildman–Crippen LogP) is 2.26. The monoisotopic (exact) mass is 280 g/mol. The zero-order chi connectivity index (χ0) is 13.9. The molecule has 0 saturated carbocycles. The molecule has 1 heterocycles. The van der Waals surface area contributed by atoms with Crippen LogP contribution >= 0.6 is 0 Å². The van der Waals surface area contributed by atoms with Gasteiger partial charge in [0.05, 0.1) is 4.90 Å². The fourth-order valence-corrected chi connectivity index (χ4v) is 2.87. The lowest BCUT2D eigenvalue weighted by Crippen LogP contribution is -2.26. The van der Waals surface area contributed by atoms with Gasteiger partial charge in [-0.2, -0.15) is 0 Å². The van der Waals surface area contributed by atoms with E-state index in [1.54, 1.807) is 31.5 Å². The van der Waals surface area contributed by atoms with E-state index < -0.39 is 21.9 Å². The van der Waals surface area contributed by atoms with Gasteiger partial charge in [-0.1, -0.05) is 0 Å². The maximum absolute atomic E-state index is 12.8. The van der Waals surface area contributed by atoms with Crippen molar-refractivity contribution in [1.82, 2.24) is 9.71 Å².